The maximum Gasteiger partial charge on any atom is 0.308 e. The summed E-state index contributed by atoms with van der Waals surface area (Å²) < 4.78 is 22.6. The number of carbonyl (C=O) groups excluding carboxylic acids is 1. The average molecular weight is 541 g/mol. The van der Waals surface area contributed by atoms with Crippen LogP contribution in [0.25, 0.3) is 0 Å². The Labute approximate surface area is 230 Å². The minimum atomic E-state index is -0.921. The fraction of sp³-hybridized carbons (Fsp3) is 0.533. The Morgan fingerprint density at radius 1 is 1.03 bits per heavy atom. The van der Waals surface area contributed by atoms with Crippen molar-refractivity contribution in [1.29, 1.82) is 0 Å². The molecule has 2 aromatic rings. The molecule has 1 amide bonds. The van der Waals surface area contributed by atoms with Gasteiger partial charge in [0.05, 0.1) is 25.6 Å². The number of rotatable bonds is 14. The number of carboxylic acids is 1. The number of hydrogen-bond donors (Lipinski definition) is 1. The smallest absolute Gasteiger partial charge is 0.308 e. The number of benzene rings is 2. The third-order valence-electron chi connectivity index (χ3n) is 7.59. The Bertz CT molecular complexity index is 1120. The number of aliphatic carboxylic acids is 1. The first-order valence-electron chi connectivity index (χ1n) is 13.9. The van der Waals surface area contributed by atoms with Crippen LogP contribution in [0.15, 0.2) is 42.5 Å². The number of likely N-dealkylation sites (tertiary alicyclic amines) is 1. The van der Waals surface area contributed by atoms with Gasteiger partial charge in [-0.15, -0.1) is 0 Å². The molecule has 39 heavy (non-hydrogen) atoms. The zero-order chi connectivity index (χ0) is 27.8. The number of carboxylic acid groups (broad SMARTS) is 1. The van der Waals surface area contributed by atoms with Crippen molar-refractivity contribution >= 4 is 11.9 Å². The van der Waals surface area contributed by atoms with Crippen LogP contribution in [-0.4, -0.2) is 79.5 Å². The molecule has 1 fully saturated rings. The Kier molecular flexibility index (Phi) is 9.92. The van der Waals surface area contributed by atoms with Crippen molar-refractivity contribution < 1.29 is 33.6 Å². The van der Waals surface area contributed by atoms with Gasteiger partial charge in [0.2, 0.25) is 12.7 Å². The SMILES string of the molecule is CCCCN(CCCC)C(=O)CN1CC(c2ccc3c(c2)OCO3)C(C(=O)O)C1COc1ccccc1OC. The molecule has 0 saturated carbocycles. The fourth-order valence-corrected chi connectivity index (χ4v) is 5.43. The van der Waals surface area contributed by atoms with Gasteiger partial charge >= 0.3 is 5.97 Å². The van der Waals surface area contributed by atoms with E-state index in [2.05, 4.69) is 13.8 Å². The van der Waals surface area contributed by atoms with Crippen LogP contribution in [0.2, 0.25) is 0 Å². The zero-order valence-corrected chi connectivity index (χ0v) is 23.1. The zero-order valence-electron chi connectivity index (χ0n) is 23.1. The van der Waals surface area contributed by atoms with Crippen LogP contribution >= 0.6 is 0 Å². The molecule has 9 heteroatoms. The molecule has 2 heterocycles. The van der Waals surface area contributed by atoms with Crippen molar-refractivity contribution in [3.05, 3.63) is 48.0 Å². The van der Waals surface area contributed by atoms with Gasteiger partial charge in [0.25, 0.3) is 0 Å². The first-order chi connectivity index (χ1) is 19.0. The summed E-state index contributed by atoms with van der Waals surface area (Å²) in [7, 11) is 1.57. The molecule has 4 rings (SSSR count). The second-order valence-electron chi connectivity index (χ2n) is 10.1. The highest BCUT2D eigenvalue weighted by Gasteiger charge is 2.48. The van der Waals surface area contributed by atoms with E-state index < -0.39 is 17.9 Å². The van der Waals surface area contributed by atoms with Gasteiger partial charge in [0.15, 0.2) is 23.0 Å². The van der Waals surface area contributed by atoms with E-state index in [1.807, 2.05) is 40.1 Å². The van der Waals surface area contributed by atoms with Crippen molar-refractivity contribution in [3.8, 4) is 23.0 Å². The molecule has 3 atom stereocenters. The maximum atomic E-state index is 13.5. The molecule has 9 nitrogen and oxygen atoms in total. The highest BCUT2D eigenvalue weighted by Crippen LogP contribution is 2.42. The van der Waals surface area contributed by atoms with Gasteiger partial charge in [-0.25, -0.2) is 0 Å². The van der Waals surface area contributed by atoms with Crippen LogP contribution in [-0.2, 0) is 9.59 Å². The van der Waals surface area contributed by atoms with Gasteiger partial charge in [-0.05, 0) is 42.7 Å². The van der Waals surface area contributed by atoms with E-state index in [9.17, 15) is 14.7 Å². The Morgan fingerprint density at radius 2 is 1.72 bits per heavy atom. The molecule has 2 aromatic carbocycles. The normalized spacial score (nSPS) is 20.1. The van der Waals surface area contributed by atoms with E-state index in [1.54, 1.807) is 19.2 Å². The summed E-state index contributed by atoms with van der Waals surface area (Å²) in [5.74, 6) is 0.331. The number of carbonyl (C=O) groups is 2. The molecule has 0 aromatic heterocycles. The standard InChI is InChI=1S/C30H40N2O7/c1-4-6-14-31(15-7-5-2)28(33)18-32-17-22(21-12-13-26-27(16-21)39-20-38-26)29(30(34)35)23(32)19-37-25-11-9-8-10-24(25)36-3/h8-13,16,22-23,29H,4-7,14-15,17-20H2,1-3H3,(H,34,35). The summed E-state index contributed by atoms with van der Waals surface area (Å²) in [6.45, 7) is 6.45. The molecular weight excluding hydrogens is 500 g/mol. The first kappa shape index (κ1) is 28.5. The highest BCUT2D eigenvalue weighted by molar-refractivity contribution is 5.79. The van der Waals surface area contributed by atoms with E-state index in [-0.39, 0.29) is 31.8 Å². The third kappa shape index (κ3) is 6.76. The lowest BCUT2D eigenvalue weighted by atomic mass is 9.85. The lowest BCUT2D eigenvalue weighted by molar-refractivity contribution is -0.144. The first-order valence-corrected chi connectivity index (χ1v) is 13.9. The van der Waals surface area contributed by atoms with Crippen LogP contribution in [0.5, 0.6) is 23.0 Å². The topological polar surface area (TPSA) is 97.8 Å². The quantitative estimate of drug-likeness (QED) is 0.377. The molecule has 2 aliphatic rings. The highest BCUT2D eigenvalue weighted by atomic mass is 16.7. The van der Waals surface area contributed by atoms with Gasteiger partial charge in [-0.1, -0.05) is 44.9 Å². The number of hydrogen-bond acceptors (Lipinski definition) is 7. The second kappa shape index (κ2) is 13.6. The molecule has 0 spiro atoms. The number of unbranched alkanes of at least 4 members (excludes halogenated alkanes) is 2. The number of nitrogens with zero attached hydrogens (tertiary/aromatic N) is 2. The van der Waals surface area contributed by atoms with E-state index in [4.69, 9.17) is 18.9 Å². The molecule has 0 aliphatic carbocycles. The van der Waals surface area contributed by atoms with Gasteiger partial charge in [0.1, 0.15) is 6.61 Å². The molecule has 3 unspecified atom stereocenters. The predicted molar refractivity (Wildman–Crippen MR) is 147 cm³/mol. The molecule has 0 radical (unpaired) electrons. The number of fused-ring (bicyclic) bond motifs is 1. The monoisotopic (exact) mass is 540 g/mol. The minimum Gasteiger partial charge on any atom is -0.493 e. The summed E-state index contributed by atoms with van der Waals surface area (Å²) >= 11 is 0. The van der Waals surface area contributed by atoms with Gasteiger partial charge in [0, 0.05) is 25.6 Å². The minimum absolute atomic E-state index is 0.0228. The number of methoxy groups -OCH3 is 1. The molecule has 0 bridgehead atoms. The molecule has 2 aliphatic heterocycles. The van der Waals surface area contributed by atoms with Crippen LogP contribution < -0.4 is 18.9 Å². The van der Waals surface area contributed by atoms with Crippen molar-refractivity contribution in [3.63, 3.8) is 0 Å². The van der Waals surface area contributed by atoms with Gasteiger partial charge in [-0.2, -0.15) is 0 Å². The Hall–Kier alpha value is -3.46. The van der Waals surface area contributed by atoms with Crippen LogP contribution in [0.3, 0.4) is 0 Å². The molecular formula is C30H40N2O7. The number of amides is 1. The van der Waals surface area contributed by atoms with E-state index >= 15 is 0 Å². The summed E-state index contributed by atoms with van der Waals surface area (Å²) in [4.78, 5) is 30.2. The summed E-state index contributed by atoms with van der Waals surface area (Å²) in [5.41, 5.74) is 0.845. The molecule has 212 valence electrons. The van der Waals surface area contributed by atoms with Crippen LogP contribution in [0, 0.1) is 5.92 Å². The maximum absolute atomic E-state index is 13.5. The van der Waals surface area contributed by atoms with Crippen molar-refractivity contribution in [1.82, 2.24) is 9.80 Å². The van der Waals surface area contributed by atoms with E-state index in [0.717, 1.165) is 31.2 Å². The van der Waals surface area contributed by atoms with Gasteiger partial charge in [-0.3, -0.25) is 14.5 Å². The van der Waals surface area contributed by atoms with Crippen molar-refractivity contribution in [2.24, 2.45) is 5.92 Å². The fourth-order valence-electron chi connectivity index (χ4n) is 5.43. The van der Waals surface area contributed by atoms with Gasteiger partial charge < -0.3 is 29.0 Å². The lowest BCUT2D eigenvalue weighted by Crippen LogP contribution is -2.46. The lowest BCUT2D eigenvalue weighted by Gasteiger charge is -2.29. The Morgan fingerprint density at radius 3 is 2.38 bits per heavy atom. The Balaban J connectivity index is 1.61. The summed E-state index contributed by atoms with van der Waals surface area (Å²) in [6.07, 6.45) is 3.88. The summed E-state index contributed by atoms with van der Waals surface area (Å²) in [5, 5.41) is 10.4. The van der Waals surface area contributed by atoms with Crippen molar-refractivity contribution in [2.75, 3.05) is 46.7 Å². The van der Waals surface area contributed by atoms with Crippen molar-refractivity contribution in [2.45, 2.75) is 51.5 Å². The number of para-hydroxylation sites is 2. The van der Waals surface area contributed by atoms with E-state index in [0.29, 0.717) is 42.6 Å². The molecule has 1 saturated heterocycles. The largest absolute Gasteiger partial charge is 0.493 e. The second-order valence-corrected chi connectivity index (χ2v) is 10.1. The average Bonchev–Trinajstić information content (AvgIpc) is 3.56. The molecule has 1 N–H and O–H groups in total. The predicted octanol–water partition coefficient (Wildman–Crippen LogP) is 4.40. The van der Waals surface area contributed by atoms with Crippen LogP contribution in [0.4, 0.5) is 0 Å². The summed E-state index contributed by atoms with van der Waals surface area (Å²) in [6, 6.07) is 12.3. The van der Waals surface area contributed by atoms with E-state index in [1.165, 1.54) is 0 Å². The van der Waals surface area contributed by atoms with Crippen LogP contribution in [0.1, 0.15) is 51.0 Å². The number of ether oxygens (including phenoxy) is 4. The third-order valence-corrected chi connectivity index (χ3v) is 7.59.